The predicted octanol–water partition coefficient (Wildman–Crippen LogP) is 1.22. The number of esters is 1. The molecule has 1 aliphatic carbocycles. The lowest BCUT2D eigenvalue weighted by molar-refractivity contribution is -0.151. The van der Waals surface area contributed by atoms with Crippen LogP contribution >= 0.6 is 11.3 Å². The smallest absolute Gasteiger partial charge is 0.311 e. The molecule has 0 radical (unpaired) electrons. The van der Waals surface area contributed by atoms with E-state index < -0.39 is 23.8 Å². The van der Waals surface area contributed by atoms with Gasteiger partial charge in [0.2, 0.25) is 5.91 Å². The molecule has 0 saturated heterocycles. The van der Waals surface area contributed by atoms with Crippen molar-refractivity contribution in [1.29, 1.82) is 0 Å². The average molecular weight is 312 g/mol. The summed E-state index contributed by atoms with van der Waals surface area (Å²) in [4.78, 5) is 39.2. The van der Waals surface area contributed by atoms with Gasteiger partial charge in [-0.05, 0) is 19.8 Å². The lowest BCUT2D eigenvalue weighted by Crippen LogP contribution is -2.41. The Morgan fingerprint density at radius 2 is 2.05 bits per heavy atom. The summed E-state index contributed by atoms with van der Waals surface area (Å²) in [5.74, 6) is -2.78. The number of carbonyl (C=O) groups is 3. The molecule has 114 valence electrons. The van der Waals surface area contributed by atoms with Crippen LogP contribution in [0.2, 0.25) is 0 Å². The summed E-state index contributed by atoms with van der Waals surface area (Å²) in [6.45, 7) is 1.80. The van der Waals surface area contributed by atoms with E-state index in [1.165, 1.54) is 18.4 Å². The van der Waals surface area contributed by atoms with E-state index in [9.17, 15) is 14.4 Å². The summed E-state index contributed by atoms with van der Waals surface area (Å²) in [6, 6.07) is 0. The average Bonchev–Trinajstić information content (AvgIpc) is 2.66. The Balaban J connectivity index is 2.00. The topological polar surface area (TPSA) is 106 Å². The number of thiazole rings is 1. The van der Waals surface area contributed by atoms with E-state index in [1.54, 1.807) is 6.92 Å². The third-order valence-electron chi connectivity index (χ3n) is 3.59. The molecule has 1 heterocycles. The zero-order chi connectivity index (χ0) is 15.6. The van der Waals surface area contributed by atoms with Gasteiger partial charge in [-0.3, -0.25) is 14.4 Å². The first kappa shape index (κ1) is 15.4. The molecule has 0 aliphatic heterocycles. The van der Waals surface area contributed by atoms with Crippen molar-refractivity contribution < 1.29 is 24.2 Å². The minimum atomic E-state index is -0.942. The number of carboxylic acids is 1. The molecule has 2 rings (SSSR count). The molecule has 7 nitrogen and oxygen atoms in total. The third-order valence-corrected chi connectivity index (χ3v) is 4.52. The van der Waals surface area contributed by atoms with Crippen molar-refractivity contribution in [1.82, 2.24) is 4.98 Å². The van der Waals surface area contributed by atoms with Gasteiger partial charge in [-0.2, -0.15) is 0 Å². The number of ether oxygens (including phenoxy) is 1. The molecule has 2 N–H and O–H groups in total. The second kappa shape index (κ2) is 6.21. The number of hydrogen-bond acceptors (Lipinski definition) is 6. The van der Waals surface area contributed by atoms with Gasteiger partial charge in [-0.1, -0.05) is 0 Å². The lowest BCUT2D eigenvalue weighted by atomic mass is 9.73. The molecule has 8 heteroatoms. The van der Waals surface area contributed by atoms with Crippen molar-refractivity contribution in [2.75, 3.05) is 12.4 Å². The highest BCUT2D eigenvalue weighted by Crippen LogP contribution is 2.35. The highest BCUT2D eigenvalue weighted by Gasteiger charge is 2.41. The zero-order valence-corrected chi connectivity index (χ0v) is 12.5. The van der Waals surface area contributed by atoms with Crippen LogP contribution in [0.5, 0.6) is 0 Å². The second-order valence-electron chi connectivity index (χ2n) is 4.89. The van der Waals surface area contributed by atoms with E-state index in [0.29, 0.717) is 23.7 Å². The zero-order valence-electron chi connectivity index (χ0n) is 11.7. The molecule has 1 fully saturated rings. The van der Waals surface area contributed by atoms with Crippen LogP contribution in [0.4, 0.5) is 5.13 Å². The van der Waals surface area contributed by atoms with Gasteiger partial charge in [0.05, 0.1) is 31.1 Å². The molecule has 0 unspecified atom stereocenters. The Hall–Kier alpha value is -1.96. The van der Waals surface area contributed by atoms with Crippen molar-refractivity contribution in [3.8, 4) is 0 Å². The van der Waals surface area contributed by atoms with E-state index in [1.807, 2.05) is 0 Å². The maximum Gasteiger partial charge on any atom is 0.311 e. The molecular formula is C13H16N2O5S. The number of nitrogens with one attached hydrogen (secondary N) is 1. The van der Waals surface area contributed by atoms with Crippen LogP contribution in [0.25, 0.3) is 0 Å². The van der Waals surface area contributed by atoms with Crippen LogP contribution in [0, 0.1) is 18.8 Å². The summed E-state index contributed by atoms with van der Waals surface area (Å²) in [6.07, 6.45) is 1.15. The number of aromatic nitrogens is 1. The molecule has 0 aromatic carbocycles. The fourth-order valence-electron chi connectivity index (χ4n) is 2.16. The van der Waals surface area contributed by atoms with Crippen molar-refractivity contribution in [2.24, 2.45) is 11.8 Å². The Kier molecular flexibility index (Phi) is 4.56. The first-order valence-electron chi connectivity index (χ1n) is 6.49. The van der Waals surface area contributed by atoms with E-state index in [0.717, 1.165) is 4.88 Å². The number of aryl methyl sites for hydroxylation is 1. The van der Waals surface area contributed by atoms with Gasteiger partial charge in [-0.25, -0.2) is 4.98 Å². The predicted molar refractivity (Wildman–Crippen MR) is 75.1 cm³/mol. The summed E-state index contributed by atoms with van der Waals surface area (Å²) in [5.41, 5.74) is 0.561. The largest absolute Gasteiger partial charge is 0.481 e. The fraction of sp³-hybridized carbons (Fsp3) is 0.538. The van der Waals surface area contributed by atoms with Gasteiger partial charge in [0.1, 0.15) is 0 Å². The Bertz CT molecular complexity index is 583. The van der Waals surface area contributed by atoms with Crippen molar-refractivity contribution in [2.45, 2.75) is 26.2 Å². The van der Waals surface area contributed by atoms with Crippen LogP contribution in [0.1, 0.15) is 23.4 Å². The minimum absolute atomic E-state index is 0.0515. The lowest BCUT2D eigenvalue weighted by Gasteiger charge is -2.31. The summed E-state index contributed by atoms with van der Waals surface area (Å²) >= 11 is 1.26. The molecular weight excluding hydrogens is 296 g/mol. The number of rotatable bonds is 5. The monoisotopic (exact) mass is 312 g/mol. The summed E-state index contributed by atoms with van der Waals surface area (Å²) in [5, 5.41) is 12.0. The van der Waals surface area contributed by atoms with Crippen LogP contribution in [0.15, 0.2) is 0 Å². The van der Waals surface area contributed by atoms with Crippen LogP contribution in [-0.2, 0) is 25.5 Å². The Morgan fingerprint density at radius 3 is 2.57 bits per heavy atom. The maximum atomic E-state index is 12.0. The second-order valence-corrected chi connectivity index (χ2v) is 6.10. The number of aliphatic carboxylic acids is 1. The molecule has 1 aliphatic rings. The number of nitrogens with zero attached hydrogens (tertiary/aromatic N) is 1. The normalized spacial score (nSPS) is 20.5. The van der Waals surface area contributed by atoms with Crippen LogP contribution in [-0.4, -0.2) is 35.0 Å². The van der Waals surface area contributed by atoms with E-state index in [4.69, 9.17) is 5.11 Å². The van der Waals surface area contributed by atoms with Crippen LogP contribution in [0.3, 0.4) is 0 Å². The minimum Gasteiger partial charge on any atom is -0.481 e. The molecule has 0 bridgehead atoms. The van der Waals surface area contributed by atoms with E-state index in [-0.39, 0.29) is 12.3 Å². The van der Waals surface area contributed by atoms with Gasteiger partial charge < -0.3 is 15.2 Å². The Morgan fingerprint density at radius 1 is 1.38 bits per heavy atom. The van der Waals surface area contributed by atoms with Gasteiger partial charge >= 0.3 is 11.9 Å². The molecule has 2 atom stereocenters. The number of methoxy groups -OCH3 is 1. The van der Waals surface area contributed by atoms with Crippen LogP contribution < -0.4 is 5.32 Å². The van der Waals surface area contributed by atoms with Crippen molar-refractivity contribution >= 4 is 34.3 Å². The Labute approximate surface area is 125 Å². The number of hydrogen-bond donors (Lipinski definition) is 2. The molecule has 21 heavy (non-hydrogen) atoms. The molecule has 1 aromatic rings. The first-order chi connectivity index (χ1) is 9.92. The molecule has 1 amide bonds. The van der Waals surface area contributed by atoms with Gasteiger partial charge in [0.25, 0.3) is 0 Å². The fourth-order valence-corrected chi connectivity index (χ4v) is 2.99. The number of amides is 1. The van der Waals surface area contributed by atoms with E-state index >= 15 is 0 Å². The quantitative estimate of drug-likeness (QED) is 0.792. The van der Waals surface area contributed by atoms with Gasteiger partial charge in [-0.15, -0.1) is 11.3 Å². The van der Waals surface area contributed by atoms with Gasteiger partial charge in [0.15, 0.2) is 5.13 Å². The molecule has 1 saturated carbocycles. The SMILES string of the molecule is COC(=O)Cc1nc(NC(=O)[C@H]2CC[C@@H]2C(=O)O)sc1C. The van der Waals surface area contributed by atoms with Crippen molar-refractivity contribution in [3.63, 3.8) is 0 Å². The molecule has 1 aromatic heterocycles. The van der Waals surface area contributed by atoms with E-state index in [2.05, 4.69) is 15.0 Å². The van der Waals surface area contributed by atoms with Gasteiger partial charge in [0, 0.05) is 4.88 Å². The van der Waals surface area contributed by atoms with Crippen molar-refractivity contribution in [3.05, 3.63) is 10.6 Å². The number of anilines is 1. The standard InChI is InChI=1S/C13H16N2O5S/c1-6-9(5-10(16)20-2)14-13(21-6)15-11(17)7-3-4-8(7)12(18)19/h7-8H,3-5H2,1-2H3,(H,18,19)(H,14,15,17)/t7-,8-/m0/s1. The third kappa shape index (κ3) is 3.38. The first-order valence-corrected chi connectivity index (χ1v) is 7.30. The molecule has 0 spiro atoms. The highest BCUT2D eigenvalue weighted by molar-refractivity contribution is 7.15. The number of carboxylic acid groups (broad SMARTS) is 1. The summed E-state index contributed by atoms with van der Waals surface area (Å²) < 4.78 is 4.58. The summed E-state index contributed by atoms with van der Waals surface area (Å²) in [7, 11) is 1.30. The highest BCUT2D eigenvalue weighted by atomic mass is 32.1. The number of carbonyl (C=O) groups excluding carboxylic acids is 2. The maximum absolute atomic E-state index is 12.0.